The summed E-state index contributed by atoms with van der Waals surface area (Å²) in [5, 5.41) is 19.6. The van der Waals surface area contributed by atoms with E-state index in [0.29, 0.717) is 28.6 Å². The molecule has 0 amide bonds. The number of hydrogen-bond acceptors (Lipinski definition) is 4. The van der Waals surface area contributed by atoms with Gasteiger partial charge in [-0.15, -0.1) is 0 Å². The van der Waals surface area contributed by atoms with E-state index >= 15 is 0 Å². The predicted molar refractivity (Wildman–Crippen MR) is 90.6 cm³/mol. The number of fused-ring (bicyclic) bond motifs is 1. The van der Waals surface area contributed by atoms with Gasteiger partial charge in [0.15, 0.2) is 5.69 Å². The third-order valence-corrected chi connectivity index (χ3v) is 3.34. The zero-order chi connectivity index (χ0) is 16.8. The Kier molecular flexibility index (Phi) is 5.15. The van der Waals surface area contributed by atoms with Crippen molar-refractivity contribution in [2.75, 3.05) is 5.73 Å². The number of hydrogen-bond donors (Lipinski definition) is 3. The van der Waals surface area contributed by atoms with Crippen LogP contribution in [0.1, 0.15) is 23.0 Å². The fraction of sp³-hybridized carbons (Fsp3) is 0.111. The number of rotatable bonds is 2. The van der Waals surface area contributed by atoms with Gasteiger partial charge in [0.05, 0.1) is 11.2 Å². The van der Waals surface area contributed by atoms with E-state index in [1.165, 1.54) is 0 Å². The quantitative estimate of drug-likeness (QED) is 0.630. The molecule has 0 spiro atoms. The molecule has 0 atom stereocenters. The second kappa shape index (κ2) is 7.26. The molecule has 5 nitrogen and oxygen atoms in total. The molecule has 2 aromatic carbocycles. The Morgan fingerprint density at radius 2 is 1.65 bits per heavy atom. The molecule has 0 bridgehead atoms. The first-order valence-corrected chi connectivity index (χ1v) is 7.19. The first kappa shape index (κ1) is 16.3. The van der Waals surface area contributed by atoms with Gasteiger partial charge >= 0.3 is 5.97 Å². The number of anilines is 1. The summed E-state index contributed by atoms with van der Waals surface area (Å²) in [6.07, 6.45) is 0.394. The van der Waals surface area contributed by atoms with Crippen molar-refractivity contribution in [3.8, 4) is 5.75 Å². The molecule has 0 aliphatic carbocycles. The molecular formula is C18H18N2O3. The van der Waals surface area contributed by atoms with Gasteiger partial charge in [-0.1, -0.05) is 49.4 Å². The molecule has 0 aliphatic heterocycles. The maximum atomic E-state index is 11.1. The number of nitrogens with zero attached hydrogens (tertiary/aromatic N) is 1. The third-order valence-electron chi connectivity index (χ3n) is 3.34. The van der Waals surface area contributed by atoms with Crippen LogP contribution in [-0.4, -0.2) is 21.2 Å². The zero-order valence-electron chi connectivity index (χ0n) is 12.7. The van der Waals surface area contributed by atoms with E-state index in [-0.39, 0.29) is 11.4 Å². The highest BCUT2D eigenvalue weighted by Gasteiger charge is 2.18. The highest BCUT2D eigenvalue weighted by Crippen LogP contribution is 2.32. The Hall–Kier alpha value is -3.08. The van der Waals surface area contributed by atoms with Gasteiger partial charge in [0.1, 0.15) is 5.75 Å². The van der Waals surface area contributed by atoms with Crippen molar-refractivity contribution in [3.63, 3.8) is 0 Å². The summed E-state index contributed by atoms with van der Waals surface area (Å²) in [7, 11) is 0. The number of carboxylic acid groups (broad SMARTS) is 1. The number of nitrogen functional groups attached to an aromatic ring is 1. The van der Waals surface area contributed by atoms with Crippen LogP contribution in [0.25, 0.3) is 10.9 Å². The first-order chi connectivity index (χ1) is 11.1. The predicted octanol–water partition coefficient (Wildman–Crippen LogP) is 3.47. The molecule has 1 heterocycles. The van der Waals surface area contributed by atoms with Crippen molar-refractivity contribution in [3.05, 3.63) is 65.9 Å². The second-order valence-electron chi connectivity index (χ2n) is 4.84. The monoisotopic (exact) mass is 310 g/mol. The van der Waals surface area contributed by atoms with Gasteiger partial charge in [0.2, 0.25) is 0 Å². The van der Waals surface area contributed by atoms with Gasteiger partial charge in [0, 0.05) is 10.9 Å². The molecule has 23 heavy (non-hydrogen) atoms. The van der Waals surface area contributed by atoms with Crippen molar-refractivity contribution < 1.29 is 15.0 Å². The van der Waals surface area contributed by atoms with Crippen molar-refractivity contribution in [1.82, 2.24) is 4.98 Å². The molecule has 0 radical (unpaired) electrons. The lowest BCUT2D eigenvalue weighted by molar-refractivity contribution is 0.0689. The molecule has 0 saturated carbocycles. The number of aromatic nitrogens is 1. The van der Waals surface area contributed by atoms with Gasteiger partial charge in [-0.05, 0) is 18.6 Å². The molecule has 1 aromatic heterocycles. The molecule has 3 aromatic rings. The lowest BCUT2D eigenvalue weighted by atomic mass is 10.0. The fourth-order valence-corrected chi connectivity index (χ4v) is 2.23. The second-order valence-corrected chi connectivity index (χ2v) is 4.84. The number of carbonyl (C=O) groups is 1. The van der Waals surface area contributed by atoms with Crippen LogP contribution < -0.4 is 5.73 Å². The van der Waals surface area contributed by atoms with E-state index in [2.05, 4.69) is 4.98 Å². The van der Waals surface area contributed by atoms with Crippen LogP contribution in [0, 0.1) is 0 Å². The van der Waals surface area contributed by atoms with Crippen LogP contribution >= 0.6 is 0 Å². The van der Waals surface area contributed by atoms with Crippen LogP contribution in [0.4, 0.5) is 5.69 Å². The lowest BCUT2D eigenvalue weighted by Gasteiger charge is -2.10. The average molecular weight is 310 g/mol. The molecule has 5 heteroatoms. The van der Waals surface area contributed by atoms with Crippen LogP contribution in [0.5, 0.6) is 5.75 Å². The summed E-state index contributed by atoms with van der Waals surface area (Å²) in [6, 6.07) is 17.0. The molecule has 118 valence electrons. The van der Waals surface area contributed by atoms with Gasteiger partial charge in [0.25, 0.3) is 0 Å². The summed E-state index contributed by atoms with van der Waals surface area (Å²) < 4.78 is 0. The fourth-order valence-electron chi connectivity index (χ4n) is 2.23. The molecule has 0 unspecified atom stereocenters. The van der Waals surface area contributed by atoms with Crippen LogP contribution in [0.2, 0.25) is 0 Å². The van der Waals surface area contributed by atoms with Gasteiger partial charge in [-0.2, -0.15) is 0 Å². The highest BCUT2D eigenvalue weighted by molar-refractivity contribution is 5.99. The molecule has 3 rings (SSSR count). The topological polar surface area (TPSA) is 96.4 Å². The maximum Gasteiger partial charge on any atom is 0.354 e. The first-order valence-electron chi connectivity index (χ1n) is 7.19. The Morgan fingerprint density at radius 1 is 1.09 bits per heavy atom. The van der Waals surface area contributed by atoms with Crippen LogP contribution in [-0.2, 0) is 6.42 Å². The maximum absolute atomic E-state index is 11.1. The van der Waals surface area contributed by atoms with Crippen molar-refractivity contribution in [1.29, 1.82) is 0 Å². The summed E-state index contributed by atoms with van der Waals surface area (Å²) in [5.74, 6) is -1.22. The Labute approximate surface area is 134 Å². The van der Waals surface area contributed by atoms with E-state index in [1.54, 1.807) is 25.1 Å². The number of nitrogens with two attached hydrogens (primary N) is 1. The summed E-state index contributed by atoms with van der Waals surface area (Å²) >= 11 is 0. The third kappa shape index (κ3) is 3.58. The summed E-state index contributed by atoms with van der Waals surface area (Å²) in [6.45, 7) is 1.77. The number of aromatic hydroxyl groups is 1. The van der Waals surface area contributed by atoms with Crippen LogP contribution in [0.15, 0.2) is 54.6 Å². The minimum absolute atomic E-state index is 0.0535. The molecule has 0 saturated heterocycles. The Bertz CT molecular complexity index is 791. The van der Waals surface area contributed by atoms with Gasteiger partial charge in [-0.25, -0.2) is 9.78 Å². The number of para-hydroxylation sites is 1. The van der Waals surface area contributed by atoms with E-state index < -0.39 is 5.97 Å². The van der Waals surface area contributed by atoms with E-state index in [4.69, 9.17) is 10.8 Å². The number of aromatic carboxylic acids is 1. The van der Waals surface area contributed by atoms with Crippen LogP contribution in [0.3, 0.4) is 0 Å². The molecule has 0 aliphatic rings. The normalized spacial score (nSPS) is 9.96. The minimum atomic E-state index is -1.16. The van der Waals surface area contributed by atoms with E-state index in [1.807, 2.05) is 36.4 Å². The van der Waals surface area contributed by atoms with Gasteiger partial charge in [-0.3, -0.25) is 0 Å². The van der Waals surface area contributed by atoms with Gasteiger partial charge < -0.3 is 15.9 Å². The largest absolute Gasteiger partial charge is 0.507 e. The SMILES string of the molecule is CCc1c(C(=O)O)nc2c(N)cccc2c1O.c1ccccc1. The number of carboxylic acids is 1. The number of benzene rings is 2. The van der Waals surface area contributed by atoms with Crippen molar-refractivity contribution in [2.45, 2.75) is 13.3 Å². The molecule has 4 N–H and O–H groups in total. The van der Waals surface area contributed by atoms with Crippen molar-refractivity contribution in [2.24, 2.45) is 0 Å². The molecule has 0 fully saturated rings. The summed E-state index contributed by atoms with van der Waals surface area (Å²) in [4.78, 5) is 15.1. The van der Waals surface area contributed by atoms with E-state index in [0.717, 1.165) is 0 Å². The molecular weight excluding hydrogens is 292 g/mol. The number of pyridine rings is 1. The smallest absolute Gasteiger partial charge is 0.354 e. The Morgan fingerprint density at radius 3 is 2.13 bits per heavy atom. The van der Waals surface area contributed by atoms with E-state index in [9.17, 15) is 9.90 Å². The lowest BCUT2D eigenvalue weighted by Crippen LogP contribution is -2.07. The minimum Gasteiger partial charge on any atom is -0.507 e. The average Bonchev–Trinajstić information content (AvgIpc) is 2.57. The standard InChI is InChI=1S/C12H12N2O3.C6H6/c1-2-6-10(12(16)17)14-9-7(11(6)15)4-3-5-8(9)13;1-2-4-6-5-3-1/h3-5H,2,13H2,1H3,(H,14,15)(H,16,17);1-6H. The summed E-state index contributed by atoms with van der Waals surface area (Å²) in [5.41, 5.74) is 6.57. The van der Waals surface area contributed by atoms with Crippen molar-refractivity contribution >= 4 is 22.6 Å². The highest BCUT2D eigenvalue weighted by atomic mass is 16.4. The zero-order valence-corrected chi connectivity index (χ0v) is 12.7. The Balaban J connectivity index is 0.000000268.